The second kappa shape index (κ2) is 6.83. The first kappa shape index (κ1) is 15.7. The summed E-state index contributed by atoms with van der Waals surface area (Å²) in [6.07, 6.45) is 0.793. The molecule has 2 rings (SSSR count). The van der Waals surface area contributed by atoms with Gasteiger partial charge < -0.3 is 15.2 Å². The predicted octanol–water partition coefficient (Wildman–Crippen LogP) is 2.68. The van der Waals surface area contributed by atoms with Crippen molar-refractivity contribution in [3.05, 3.63) is 40.2 Å². The van der Waals surface area contributed by atoms with Crippen LogP contribution in [0.1, 0.15) is 23.9 Å². The maximum Gasteiger partial charge on any atom is 0.161 e. The van der Waals surface area contributed by atoms with Crippen molar-refractivity contribution in [2.75, 3.05) is 7.11 Å². The fraction of sp³-hybridized carbons (Fsp3) is 0.400. The summed E-state index contributed by atoms with van der Waals surface area (Å²) in [6.45, 7) is 2.82. The third-order valence-electron chi connectivity index (χ3n) is 3.33. The second-order valence-corrected chi connectivity index (χ2v) is 5.04. The Morgan fingerprint density at radius 3 is 2.67 bits per heavy atom. The summed E-state index contributed by atoms with van der Waals surface area (Å²) in [4.78, 5) is 0. The van der Waals surface area contributed by atoms with Crippen molar-refractivity contribution in [1.29, 1.82) is 0 Å². The molecule has 114 valence electrons. The van der Waals surface area contributed by atoms with Gasteiger partial charge in [0.2, 0.25) is 0 Å². The number of hydrogen-bond donors (Lipinski definition) is 1. The minimum atomic E-state index is 0.334. The lowest BCUT2D eigenvalue weighted by molar-refractivity contribution is 0.275. The van der Waals surface area contributed by atoms with Crippen LogP contribution in [0.4, 0.5) is 0 Å². The number of aryl methyl sites for hydroxylation is 2. The van der Waals surface area contributed by atoms with E-state index in [2.05, 4.69) is 5.10 Å². The van der Waals surface area contributed by atoms with Crippen LogP contribution in [-0.2, 0) is 26.6 Å². The van der Waals surface area contributed by atoms with Gasteiger partial charge in [-0.2, -0.15) is 5.10 Å². The molecule has 2 N–H and O–H groups in total. The molecule has 0 radical (unpaired) electrons. The molecule has 0 aliphatic rings. The first-order chi connectivity index (χ1) is 10.1. The van der Waals surface area contributed by atoms with Crippen molar-refractivity contribution in [2.24, 2.45) is 12.8 Å². The lowest BCUT2D eigenvalue weighted by Gasteiger charge is -2.12. The van der Waals surface area contributed by atoms with Crippen molar-refractivity contribution >= 4 is 11.6 Å². The maximum atomic E-state index is 6.31. The highest BCUT2D eigenvalue weighted by Gasteiger charge is 2.14. The molecule has 21 heavy (non-hydrogen) atoms. The standard InChI is InChI=1S/C15H20ClN3O2/c1-4-11-15(16)12(19(2)18-11)9-21-13-6-5-10(8-17)7-14(13)20-3/h5-7H,4,8-9,17H2,1-3H3. The summed E-state index contributed by atoms with van der Waals surface area (Å²) in [5.41, 5.74) is 8.34. The number of rotatable bonds is 6. The summed E-state index contributed by atoms with van der Waals surface area (Å²) >= 11 is 6.31. The highest BCUT2D eigenvalue weighted by molar-refractivity contribution is 6.31. The Labute approximate surface area is 129 Å². The molecule has 0 saturated heterocycles. The van der Waals surface area contributed by atoms with Gasteiger partial charge in [-0.15, -0.1) is 0 Å². The molecule has 1 aromatic heterocycles. The van der Waals surface area contributed by atoms with Gasteiger partial charge in [0, 0.05) is 13.6 Å². The summed E-state index contributed by atoms with van der Waals surface area (Å²) in [6, 6.07) is 5.64. The van der Waals surface area contributed by atoms with Crippen LogP contribution in [0.5, 0.6) is 11.5 Å². The van der Waals surface area contributed by atoms with Crippen molar-refractivity contribution in [3.8, 4) is 11.5 Å². The molecule has 6 heteroatoms. The molecule has 0 amide bonds. The zero-order valence-electron chi connectivity index (χ0n) is 12.5. The number of halogens is 1. The number of nitrogens with two attached hydrogens (primary N) is 1. The first-order valence-electron chi connectivity index (χ1n) is 6.80. The fourth-order valence-corrected chi connectivity index (χ4v) is 2.43. The molecule has 0 fully saturated rings. The Bertz CT molecular complexity index is 626. The van der Waals surface area contributed by atoms with E-state index in [0.717, 1.165) is 23.4 Å². The van der Waals surface area contributed by atoms with E-state index < -0.39 is 0 Å². The van der Waals surface area contributed by atoms with Gasteiger partial charge in [0.05, 0.1) is 23.5 Å². The van der Waals surface area contributed by atoms with Crippen LogP contribution in [-0.4, -0.2) is 16.9 Å². The van der Waals surface area contributed by atoms with E-state index in [9.17, 15) is 0 Å². The van der Waals surface area contributed by atoms with E-state index in [4.69, 9.17) is 26.8 Å². The Kier molecular flexibility index (Phi) is 5.09. The quantitative estimate of drug-likeness (QED) is 0.891. The van der Waals surface area contributed by atoms with E-state index in [1.54, 1.807) is 11.8 Å². The van der Waals surface area contributed by atoms with E-state index in [-0.39, 0.29) is 0 Å². The van der Waals surface area contributed by atoms with Crippen LogP contribution < -0.4 is 15.2 Å². The van der Waals surface area contributed by atoms with Crippen LogP contribution in [0.25, 0.3) is 0 Å². The molecule has 1 aromatic carbocycles. The molecular weight excluding hydrogens is 290 g/mol. The lowest BCUT2D eigenvalue weighted by Crippen LogP contribution is -2.05. The molecule has 0 aliphatic carbocycles. The van der Waals surface area contributed by atoms with E-state index in [1.807, 2.05) is 32.2 Å². The molecule has 5 nitrogen and oxygen atoms in total. The normalized spacial score (nSPS) is 10.7. The largest absolute Gasteiger partial charge is 0.493 e. The number of aromatic nitrogens is 2. The maximum absolute atomic E-state index is 6.31. The average Bonchev–Trinajstić information content (AvgIpc) is 2.79. The molecule has 0 aliphatic heterocycles. The minimum absolute atomic E-state index is 0.334. The Morgan fingerprint density at radius 1 is 1.33 bits per heavy atom. The van der Waals surface area contributed by atoms with Crippen molar-refractivity contribution < 1.29 is 9.47 Å². The van der Waals surface area contributed by atoms with Gasteiger partial charge >= 0.3 is 0 Å². The van der Waals surface area contributed by atoms with Gasteiger partial charge in [-0.25, -0.2) is 0 Å². The number of ether oxygens (including phenoxy) is 2. The predicted molar refractivity (Wildman–Crippen MR) is 82.8 cm³/mol. The fourth-order valence-electron chi connectivity index (χ4n) is 2.08. The summed E-state index contributed by atoms with van der Waals surface area (Å²) in [5, 5.41) is 5.03. The first-order valence-corrected chi connectivity index (χ1v) is 7.18. The average molecular weight is 310 g/mol. The van der Waals surface area contributed by atoms with Gasteiger partial charge in [-0.1, -0.05) is 24.6 Å². The molecule has 0 saturated carbocycles. The van der Waals surface area contributed by atoms with Gasteiger partial charge in [-0.3, -0.25) is 4.68 Å². The summed E-state index contributed by atoms with van der Waals surface area (Å²) < 4.78 is 12.9. The highest BCUT2D eigenvalue weighted by Crippen LogP contribution is 2.30. The minimum Gasteiger partial charge on any atom is -0.493 e. The molecule has 0 bridgehead atoms. The number of benzene rings is 1. The lowest BCUT2D eigenvalue weighted by atomic mass is 10.2. The van der Waals surface area contributed by atoms with Crippen molar-refractivity contribution in [1.82, 2.24) is 9.78 Å². The second-order valence-electron chi connectivity index (χ2n) is 4.66. The number of hydrogen-bond acceptors (Lipinski definition) is 4. The van der Waals surface area contributed by atoms with Crippen molar-refractivity contribution in [3.63, 3.8) is 0 Å². The number of nitrogens with zero attached hydrogens (tertiary/aromatic N) is 2. The van der Waals surface area contributed by atoms with E-state index in [0.29, 0.717) is 29.7 Å². The van der Waals surface area contributed by atoms with Crippen LogP contribution >= 0.6 is 11.6 Å². The van der Waals surface area contributed by atoms with Gasteiger partial charge in [0.15, 0.2) is 11.5 Å². The molecule has 0 unspecified atom stereocenters. The Hall–Kier alpha value is -1.72. The van der Waals surface area contributed by atoms with Crippen molar-refractivity contribution in [2.45, 2.75) is 26.5 Å². The van der Waals surface area contributed by atoms with Crippen LogP contribution in [0.15, 0.2) is 18.2 Å². The summed E-state index contributed by atoms with van der Waals surface area (Å²) in [7, 11) is 3.47. The zero-order chi connectivity index (χ0) is 15.4. The van der Waals surface area contributed by atoms with Crippen LogP contribution in [0.2, 0.25) is 5.02 Å². The molecule has 2 aromatic rings. The van der Waals surface area contributed by atoms with E-state index >= 15 is 0 Å². The molecule has 0 atom stereocenters. The molecule has 1 heterocycles. The molecule has 0 spiro atoms. The van der Waals surface area contributed by atoms with Gasteiger partial charge in [-0.05, 0) is 24.1 Å². The summed E-state index contributed by atoms with van der Waals surface area (Å²) in [5.74, 6) is 1.32. The highest BCUT2D eigenvalue weighted by atomic mass is 35.5. The Morgan fingerprint density at radius 2 is 2.10 bits per heavy atom. The number of methoxy groups -OCH3 is 1. The topological polar surface area (TPSA) is 62.3 Å². The zero-order valence-corrected chi connectivity index (χ0v) is 13.3. The third-order valence-corrected chi connectivity index (χ3v) is 3.77. The molecular formula is C15H20ClN3O2. The smallest absolute Gasteiger partial charge is 0.161 e. The van der Waals surface area contributed by atoms with Crippen LogP contribution in [0.3, 0.4) is 0 Å². The Balaban J connectivity index is 2.18. The van der Waals surface area contributed by atoms with Gasteiger partial charge in [0.25, 0.3) is 0 Å². The van der Waals surface area contributed by atoms with Gasteiger partial charge in [0.1, 0.15) is 6.61 Å². The van der Waals surface area contributed by atoms with Crippen LogP contribution in [0, 0.1) is 0 Å². The van der Waals surface area contributed by atoms with E-state index in [1.165, 1.54) is 0 Å². The third kappa shape index (κ3) is 3.31. The monoisotopic (exact) mass is 309 g/mol. The SMILES string of the molecule is CCc1nn(C)c(COc2ccc(CN)cc2OC)c1Cl.